The van der Waals surface area contributed by atoms with E-state index in [-0.39, 0.29) is 11.9 Å². The van der Waals surface area contributed by atoms with Crippen LogP contribution in [0.5, 0.6) is 0 Å². The molecule has 3 fully saturated rings. The summed E-state index contributed by atoms with van der Waals surface area (Å²) in [4.78, 5) is 12.2. The number of rotatable bonds is 4. The van der Waals surface area contributed by atoms with Crippen LogP contribution < -0.4 is 10.6 Å². The highest BCUT2D eigenvalue weighted by Crippen LogP contribution is 2.38. The molecule has 1 amide bonds. The van der Waals surface area contributed by atoms with Gasteiger partial charge >= 0.3 is 0 Å². The molecule has 2 saturated carbocycles. The second kappa shape index (κ2) is 4.60. The van der Waals surface area contributed by atoms with Crippen LogP contribution in [0.25, 0.3) is 0 Å². The fourth-order valence-corrected chi connectivity index (χ4v) is 3.72. The van der Waals surface area contributed by atoms with Crippen LogP contribution in [-0.4, -0.2) is 24.5 Å². The first kappa shape index (κ1) is 11.5. The maximum absolute atomic E-state index is 12.2. The molecule has 1 saturated heterocycles. The Morgan fingerprint density at radius 1 is 1.35 bits per heavy atom. The van der Waals surface area contributed by atoms with Crippen molar-refractivity contribution >= 4 is 5.91 Å². The van der Waals surface area contributed by atoms with E-state index in [0.29, 0.717) is 12.0 Å². The summed E-state index contributed by atoms with van der Waals surface area (Å²) < 4.78 is 0. The molecule has 3 heteroatoms. The van der Waals surface area contributed by atoms with E-state index < -0.39 is 0 Å². The van der Waals surface area contributed by atoms with Gasteiger partial charge in [0.1, 0.15) is 0 Å². The van der Waals surface area contributed by atoms with Gasteiger partial charge in [0.25, 0.3) is 0 Å². The predicted octanol–water partition coefficient (Wildman–Crippen LogP) is 1.68. The van der Waals surface area contributed by atoms with Crippen LogP contribution in [0.4, 0.5) is 0 Å². The van der Waals surface area contributed by atoms with Gasteiger partial charge in [0.15, 0.2) is 0 Å². The zero-order valence-corrected chi connectivity index (χ0v) is 10.7. The molecule has 3 nitrogen and oxygen atoms in total. The zero-order chi connectivity index (χ0) is 11.8. The van der Waals surface area contributed by atoms with E-state index in [2.05, 4.69) is 17.6 Å². The molecular weight excluding hydrogens is 212 g/mol. The Morgan fingerprint density at radius 2 is 2.18 bits per heavy atom. The normalized spacial score (nSPS) is 37.8. The summed E-state index contributed by atoms with van der Waals surface area (Å²) in [6.45, 7) is 3.21. The van der Waals surface area contributed by atoms with Crippen LogP contribution >= 0.6 is 0 Å². The number of carbonyl (C=O) groups excluding carboxylic acids is 1. The number of amides is 1. The summed E-state index contributed by atoms with van der Waals surface area (Å²) in [5.74, 6) is 2.53. The maximum Gasteiger partial charge on any atom is 0.237 e. The van der Waals surface area contributed by atoms with Crippen molar-refractivity contribution < 1.29 is 4.79 Å². The Balaban J connectivity index is 1.51. The molecule has 3 rings (SSSR count). The zero-order valence-electron chi connectivity index (χ0n) is 10.7. The van der Waals surface area contributed by atoms with E-state index in [0.717, 1.165) is 18.4 Å². The molecule has 1 heterocycles. The first-order valence-electron chi connectivity index (χ1n) is 7.28. The molecule has 0 aromatic rings. The lowest BCUT2D eigenvalue weighted by atomic mass is 9.93. The van der Waals surface area contributed by atoms with Crippen LogP contribution in [0.2, 0.25) is 0 Å². The second-order valence-corrected chi connectivity index (χ2v) is 6.33. The third-order valence-corrected chi connectivity index (χ3v) is 4.80. The van der Waals surface area contributed by atoms with Crippen molar-refractivity contribution in [3.8, 4) is 0 Å². The molecule has 0 radical (unpaired) electrons. The summed E-state index contributed by atoms with van der Waals surface area (Å²) in [7, 11) is 0. The molecule has 3 aliphatic rings. The average molecular weight is 236 g/mol. The van der Waals surface area contributed by atoms with Crippen LogP contribution in [-0.2, 0) is 4.79 Å². The summed E-state index contributed by atoms with van der Waals surface area (Å²) in [5, 5.41) is 6.63. The number of hydrogen-bond donors (Lipinski definition) is 2. The quantitative estimate of drug-likeness (QED) is 0.780. The smallest absolute Gasteiger partial charge is 0.237 e. The third kappa shape index (κ3) is 2.49. The van der Waals surface area contributed by atoms with Crippen molar-refractivity contribution in [2.24, 2.45) is 17.8 Å². The minimum absolute atomic E-state index is 0.101. The highest BCUT2D eigenvalue weighted by molar-refractivity contribution is 5.82. The van der Waals surface area contributed by atoms with Gasteiger partial charge in [-0.15, -0.1) is 0 Å². The monoisotopic (exact) mass is 236 g/mol. The highest BCUT2D eigenvalue weighted by atomic mass is 16.2. The first-order valence-corrected chi connectivity index (χ1v) is 7.28. The fraction of sp³-hybridized carbons (Fsp3) is 0.929. The molecular formula is C14H24N2O. The standard InChI is InChI=1S/C14H24N2O/c1-9(7-10-5-6-10)16-14(17)13-12-4-2-3-11(12)8-15-13/h9-13,15H,2-8H2,1H3,(H,16,17). The van der Waals surface area contributed by atoms with Gasteiger partial charge < -0.3 is 10.6 Å². The minimum Gasteiger partial charge on any atom is -0.352 e. The molecule has 0 spiro atoms. The summed E-state index contributed by atoms with van der Waals surface area (Å²) in [5.41, 5.74) is 0. The van der Waals surface area contributed by atoms with Crippen LogP contribution in [0.15, 0.2) is 0 Å². The second-order valence-electron chi connectivity index (χ2n) is 6.33. The Bertz CT molecular complexity index is 301. The Kier molecular flexibility index (Phi) is 3.12. The van der Waals surface area contributed by atoms with E-state index in [1.54, 1.807) is 0 Å². The van der Waals surface area contributed by atoms with Crippen molar-refractivity contribution in [2.75, 3.05) is 6.54 Å². The van der Waals surface area contributed by atoms with Crippen LogP contribution in [0.3, 0.4) is 0 Å². The molecule has 1 aliphatic heterocycles. The highest BCUT2D eigenvalue weighted by Gasteiger charge is 2.42. The van der Waals surface area contributed by atoms with Gasteiger partial charge in [-0.05, 0) is 50.5 Å². The number of fused-ring (bicyclic) bond motifs is 1. The Labute approximate surface area is 104 Å². The SMILES string of the molecule is CC(CC1CC1)NC(=O)C1NCC2CCCC21. The molecule has 4 atom stereocenters. The molecule has 2 N–H and O–H groups in total. The first-order chi connectivity index (χ1) is 8.24. The lowest BCUT2D eigenvalue weighted by Crippen LogP contribution is -2.47. The molecule has 0 aromatic carbocycles. The largest absolute Gasteiger partial charge is 0.352 e. The van der Waals surface area contributed by atoms with Crippen LogP contribution in [0, 0.1) is 17.8 Å². The number of hydrogen-bond acceptors (Lipinski definition) is 2. The Hall–Kier alpha value is -0.570. The lowest BCUT2D eigenvalue weighted by Gasteiger charge is -2.21. The third-order valence-electron chi connectivity index (χ3n) is 4.80. The number of nitrogens with one attached hydrogen (secondary N) is 2. The van der Waals surface area contributed by atoms with Crippen molar-refractivity contribution in [3.63, 3.8) is 0 Å². The molecule has 2 aliphatic carbocycles. The summed E-state index contributed by atoms with van der Waals surface area (Å²) >= 11 is 0. The van der Waals surface area contributed by atoms with E-state index in [1.165, 1.54) is 38.5 Å². The van der Waals surface area contributed by atoms with E-state index in [4.69, 9.17) is 0 Å². The molecule has 0 aromatic heterocycles. The predicted molar refractivity (Wildman–Crippen MR) is 67.6 cm³/mol. The lowest BCUT2D eigenvalue weighted by molar-refractivity contribution is -0.124. The van der Waals surface area contributed by atoms with Crippen molar-refractivity contribution in [2.45, 2.75) is 57.5 Å². The van der Waals surface area contributed by atoms with E-state index in [1.807, 2.05) is 0 Å². The van der Waals surface area contributed by atoms with Gasteiger partial charge in [0, 0.05) is 6.04 Å². The van der Waals surface area contributed by atoms with Crippen molar-refractivity contribution in [1.29, 1.82) is 0 Å². The molecule has 4 unspecified atom stereocenters. The maximum atomic E-state index is 12.2. The van der Waals surface area contributed by atoms with Gasteiger partial charge in [0.2, 0.25) is 5.91 Å². The van der Waals surface area contributed by atoms with Gasteiger partial charge in [0.05, 0.1) is 6.04 Å². The number of carbonyl (C=O) groups is 1. The summed E-state index contributed by atoms with van der Waals surface area (Å²) in [6, 6.07) is 0.460. The Morgan fingerprint density at radius 3 is 2.94 bits per heavy atom. The van der Waals surface area contributed by atoms with E-state index >= 15 is 0 Å². The van der Waals surface area contributed by atoms with Gasteiger partial charge in [-0.25, -0.2) is 0 Å². The van der Waals surface area contributed by atoms with Crippen LogP contribution in [0.1, 0.15) is 45.4 Å². The average Bonchev–Trinajstić information content (AvgIpc) is 2.82. The van der Waals surface area contributed by atoms with Gasteiger partial charge in [-0.3, -0.25) is 4.79 Å². The molecule has 96 valence electrons. The van der Waals surface area contributed by atoms with Crippen molar-refractivity contribution in [3.05, 3.63) is 0 Å². The van der Waals surface area contributed by atoms with Gasteiger partial charge in [-0.2, -0.15) is 0 Å². The fourth-order valence-electron chi connectivity index (χ4n) is 3.72. The molecule has 17 heavy (non-hydrogen) atoms. The van der Waals surface area contributed by atoms with Crippen molar-refractivity contribution in [1.82, 2.24) is 10.6 Å². The minimum atomic E-state index is 0.101. The van der Waals surface area contributed by atoms with E-state index in [9.17, 15) is 4.79 Å². The molecule has 0 bridgehead atoms. The summed E-state index contributed by atoms with van der Waals surface area (Å²) in [6.07, 6.45) is 7.79. The van der Waals surface area contributed by atoms with Gasteiger partial charge in [-0.1, -0.05) is 19.3 Å². The topological polar surface area (TPSA) is 41.1 Å².